The largest absolute Gasteiger partial charge is 0.392 e. The number of fused-ring (bicyclic) bond motifs is 1. The van der Waals surface area contributed by atoms with E-state index in [9.17, 15) is 5.11 Å². The third-order valence-corrected chi connectivity index (χ3v) is 3.22. The summed E-state index contributed by atoms with van der Waals surface area (Å²) in [4.78, 5) is 0. The molecule has 0 saturated heterocycles. The monoisotopic (exact) mass is 205 g/mol. The zero-order valence-electron chi connectivity index (χ0n) is 9.72. The maximum atomic E-state index is 9.20. The van der Waals surface area contributed by atoms with E-state index in [0.29, 0.717) is 0 Å². The summed E-state index contributed by atoms with van der Waals surface area (Å²) >= 11 is 0. The fraction of sp³-hybridized carbons (Fsp3) is 0.538. The summed E-state index contributed by atoms with van der Waals surface area (Å²) in [6.07, 6.45) is 1.06. The van der Waals surface area contributed by atoms with Gasteiger partial charge in [-0.2, -0.15) is 0 Å². The standard InChI is InChI=1S/C13H19NO/c1-9-4-10-6-13(2,3)14-7-11(10)5-12(9)8-15/h4-5,14-15H,6-8H2,1-3H3. The van der Waals surface area contributed by atoms with Crippen LogP contribution in [0, 0.1) is 6.92 Å². The number of aliphatic hydroxyl groups is 1. The third kappa shape index (κ3) is 2.06. The van der Waals surface area contributed by atoms with Gasteiger partial charge < -0.3 is 10.4 Å². The quantitative estimate of drug-likeness (QED) is 0.734. The first-order valence-electron chi connectivity index (χ1n) is 5.49. The second kappa shape index (κ2) is 3.62. The van der Waals surface area contributed by atoms with Gasteiger partial charge in [0.15, 0.2) is 0 Å². The average Bonchev–Trinajstić information content (AvgIpc) is 2.15. The van der Waals surface area contributed by atoms with Gasteiger partial charge in [-0.15, -0.1) is 0 Å². The van der Waals surface area contributed by atoms with Crippen molar-refractivity contribution in [3.63, 3.8) is 0 Å². The van der Waals surface area contributed by atoms with Gasteiger partial charge in [0.25, 0.3) is 0 Å². The number of nitrogens with one attached hydrogen (secondary N) is 1. The minimum atomic E-state index is 0.141. The molecule has 0 radical (unpaired) electrons. The first-order chi connectivity index (χ1) is 7.02. The predicted octanol–water partition coefficient (Wildman–Crippen LogP) is 1.91. The van der Waals surface area contributed by atoms with Gasteiger partial charge in [0, 0.05) is 12.1 Å². The van der Waals surface area contributed by atoms with E-state index in [0.717, 1.165) is 18.5 Å². The Bertz CT molecular complexity index is 382. The smallest absolute Gasteiger partial charge is 0.0684 e. The van der Waals surface area contributed by atoms with Crippen molar-refractivity contribution in [1.82, 2.24) is 5.32 Å². The van der Waals surface area contributed by atoms with Gasteiger partial charge in [-0.3, -0.25) is 0 Å². The lowest BCUT2D eigenvalue weighted by molar-refractivity contribution is 0.280. The molecule has 2 N–H and O–H groups in total. The van der Waals surface area contributed by atoms with E-state index in [-0.39, 0.29) is 12.1 Å². The molecule has 1 aromatic rings. The summed E-state index contributed by atoms with van der Waals surface area (Å²) in [5.74, 6) is 0. The first-order valence-corrected chi connectivity index (χ1v) is 5.49. The molecule has 1 aromatic carbocycles. The molecule has 0 unspecified atom stereocenters. The lowest BCUT2D eigenvalue weighted by Gasteiger charge is -2.33. The molecule has 0 bridgehead atoms. The highest BCUT2D eigenvalue weighted by atomic mass is 16.3. The van der Waals surface area contributed by atoms with Crippen LogP contribution in [-0.4, -0.2) is 10.6 Å². The minimum absolute atomic E-state index is 0.141. The van der Waals surface area contributed by atoms with Crippen LogP contribution < -0.4 is 5.32 Å². The van der Waals surface area contributed by atoms with E-state index in [1.807, 2.05) is 0 Å². The van der Waals surface area contributed by atoms with Crippen LogP contribution in [-0.2, 0) is 19.6 Å². The Kier molecular flexibility index (Phi) is 2.57. The molecule has 0 atom stereocenters. The van der Waals surface area contributed by atoms with Crippen LogP contribution in [0.4, 0.5) is 0 Å². The van der Waals surface area contributed by atoms with E-state index in [4.69, 9.17) is 0 Å². The summed E-state index contributed by atoms with van der Waals surface area (Å²) in [6.45, 7) is 7.58. The molecule has 0 spiro atoms. The van der Waals surface area contributed by atoms with Gasteiger partial charge in [0.05, 0.1) is 6.61 Å². The fourth-order valence-electron chi connectivity index (χ4n) is 2.24. The third-order valence-electron chi connectivity index (χ3n) is 3.22. The van der Waals surface area contributed by atoms with Crippen molar-refractivity contribution in [2.24, 2.45) is 0 Å². The van der Waals surface area contributed by atoms with Crippen molar-refractivity contribution in [3.8, 4) is 0 Å². The second-order valence-electron chi connectivity index (χ2n) is 5.12. The van der Waals surface area contributed by atoms with Crippen molar-refractivity contribution in [3.05, 3.63) is 34.4 Å². The van der Waals surface area contributed by atoms with Gasteiger partial charge in [-0.1, -0.05) is 12.1 Å². The van der Waals surface area contributed by atoms with Crippen LogP contribution in [0.25, 0.3) is 0 Å². The molecule has 1 aliphatic heterocycles. The van der Waals surface area contributed by atoms with Crippen LogP contribution in [0.5, 0.6) is 0 Å². The summed E-state index contributed by atoms with van der Waals surface area (Å²) in [7, 11) is 0. The maximum Gasteiger partial charge on any atom is 0.0684 e. The molecule has 82 valence electrons. The first kappa shape index (κ1) is 10.7. The highest BCUT2D eigenvalue weighted by Gasteiger charge is 2.24. The normalized spacial score (nSPS) is 18.7. The number of aliphatic hydroxyl groups excluding tert-OH is 1. The Balaban J connectivity index is 2.41. The van der Waals surface area contributed by atoms with Crippen LogP contribution in [0.15, 0.2) is 12.1 Å². The Hall–Kier alpha value is -0.860. The zero-order chi connectivity index (χ0) is 11.1. The van der Waals surface area contributed by atoms with E-state index >= 15 is 0 Å². The van der Waals surface area contributed by atoms with Crippen molar-refractivity contribution < 1.29 is 5.11 Å². The molecule has 0 aromatic heterocycles. The topological polar surface area (TPSA) is 32.3 Å². The average molecular weight is 205 g/mol. The number of hydrogen-bond acceptors (Lipinski definition) is 2. The van der Waals surface area contributed by atoms with Gasteiger partial charge in [0.2, 0.25) is 0 Å². The predicted molar refractivity (Wildman–Crippen MR) is 61.7 cm³/mol. The van der Waals surface area contributed by atoms with Gasteiger partial charge >= 0.3 is 0 Å². The fourth-order valence-corrected chi connectivity index (χ4v) is 2.24. The second-order valence-corrected chi connectivity index (χ2v) is 5.12. The van der Waals surface area contributed by atoms with Crippen LogP contribution in [0.1, 0.15) is 36.1 Å². The van der Waals surface area contributed by atoms with Crippen molar-refractivity contribution in [1.29, 1.82) is 0 Å². The number of benzene rings is 1. The summed E-state index contributed by atoms with van der Waals surface area (Å²) < 4.78 is 0. The van der Waals surface area contributed by atoms with Gasteiger partial charge in [0.1, 0.15) is 0 Å². The molecule has 0 amide bonds. The molecule has 0 fully saturated rings. The lowest BCUT2D eigenvalue weighted by Crippen LogP contribution is -2.44. The van der Waals surface area contributed by atoms with Crippen LogP contribution >= 0.6 is 0 Å². The Morgan fingerprint density at radius 3 is 2.73 bits per heavy atom. The summed E-state index contributed by atoms with van der Waals surface area (Å²) in [5.41, 5.74) is 5.21. The highest BCUT2D eigenvalue weighted by molar-refractivity contribution is 5.40. The molecule has 1 aliphatic rings. The van der Waals surface area contributed by atoms with E-state index in [1.165, 1.54) is 16.7 Å². The zero-order valence-corrected chi connectivity index (χ0v) is 9.72. The lowest BCUT2D eigenvalue weighted by atomic mass is 9.86. The molecule has 0 saturated carbocycles. The molecule has 1 heterocycles. The Morgan fingerprint density at radius 1 is 1.33 bits per heavy atom. The maximum absolute atomic E-state index is 9.20. The van der Waals surface area contributed by atoms with Crippen LogP contribution in [0.3, 0.4) is 0 Å². The Morgan fingerprint density at radius 2 is 2.07 bits per heavy atom. The number of hydrogen-bond donors (Lipinski definition) is 2. The van der Waals surface area contributed by atoms with E-state index in [1.54, 1.807) is 0 Å². The van der Waals surface area contributed by atoms with Crippen LogP contribution in [0.2, 0.25) is 0 Å². The Labute approximate surface area is 91.3 Å². The van der Waals surface area contributed by atoms with E-state index in [2.05, 4.69) is 38.2 Å². The van der Waals surface area contributed by atoms with Gasteiger partial charge in [-0.05, 0) is 49.4 Å². The molecule has 0 aliphatic carbocycles. The molecular formula is C13H19NO. The summed E-state index contributed by atoms with van der Waals surface area (Å²) in [5, 5.41) is 12.7. The minimum Gasteiger partial charge on any atom is -0.392 e. The molecule has 2 nitrogen and oxygen atoms in total. The molecule has 2 heteroatoms. The summed E-state index contributed by atoms with van der Waals surface area (Å²) in [6, 6.07) is 4.36. The van der Waals surface area contributed by atoms with Crippen molar-refractivity contribution >= 4 is 0 Å². The van der Waals surface area contributed by atoms with Crippen molar-refractivity contribution in [2.75, 3.05) is 0 Å². The SMILES string of the molecule is Cc1cc2c(cc1CO)CNC(C)(C)C2. The highest BCUT2D eigenvalue weighted by Crippen LogP contribution is 2.25. The number of rotatable bonds is 1. The van der Waals surface area contributed by atoms with Gasteiger partial charge in [-0.25, -0.2) is 0 Å². The molecular weight excluding hydrogens is 186 g/mol. The van der Waals surface area contributed by atoms with Crippen molar-refractivity contribution in [2.45, 2.75) is 45.9 Å². The number of aryl methyl sites for hydroxylation is 1. The van der Waals surface area contributed by atoms with E-state index < -0.39 is 0 Å². The molecule has 2 rings (SSSR count). The molecule has 15 heavy (non-hydrogen) atoms.